The Balaban J connectivity index is 0.000000165. The number of hydrogen-bond acceptors (Lipinski definition) is 2. The van der Waals surface area contributed by atoms with E-state index in [4.69, 9.17) is 0 Å². The molecular formula is C14H14O2-2. The molecule has 2 aromatic rings. The second-order valence-electron chi connectivity index (χ2n) is 3.53. The molecule has 0 aliphatic heterocycles. The van der Waals surface area contributed by atoms with E-state index in [1.807, 2.05) is 38.1 Å². The van der Waals surface area contributed by atoms with Gasteiger partial charge < -0.3 is 10.2 Å². The summed E-state index contributed by atoms with van der Waals surface area (Å²) in [6.07, 6.45) is 0. The lowest BCUT2D eigenvalue weighted by Crippen LogP contribution is -1.95. The van der Waals surface area contributed by atoms with Crippen LogP contribution in [0, 0.1) is 13.8 Å². The van der Waals surface area contributed by atoms with Gasteiger partial charge in [-0.05, 0) is 13.8 Å². The van der Waals surface area contributed by atoms with Gasteiger partial charge in [0.05, 0.1) is 0 Å². The predicted molar refractivity (Wildman–Crippen MR) is 61.3 cm³/mol. The lowest BCUT2D eigenvalue weighted by atomic mass is 10.1. The summed E-state index contributed by atoms with van der Waals surface area (Å²) in [5.74, 6) is 0.236. The van der Waals surface area contributed by atoms with E-state index in [9.17, 15) is 10.2 Å². The molecule has 0 fully saturated rings. The summed E-state index contributed by atoms with van der Waals surface area (Å²) in [6, 6.07) is 13.9. The van der Waals surface area contributed by atoms with Crippen molar-refractivity contribution in [3.05, 3.63) is 59.7 Å². The van der Waals surface area contributed by atoms with Crippen LogP contribution in [-0.2, 0) is 0 Å². The van der Waals surface area contributed by atoms with Crippen LogP contribution >= 0.6 is 0 Å². The normalized spacial score (nSPS) is 9.12. The highest BCUT2D eigenvalue weighted by molar-refractivity contribution is 5.36. The van der Waals surface area contributed by atoms with E-state index in [0.717, 1.165) is 11.1 Å². The molecule has 0 unspecified atom stereocenters. The van der Waals surface area contributed by atoms with Crippen LogP contribution in [0.4, 0.5) is 0 Å². The Bertz CT molecular complexity index is 415. The first-order valence-electron chi connectivity index (χ1n) is 5.06. The van der Waals surface area contributed by atoms with E-state index in [1.54, 1.807) is 12.1 Å². The van der Waals surface area contributed by atoms with Crippen LogP contribution in [0.25, 0.3) is 0 Å². The van der Waals surface area contributed by atoms with E-state index in [1.165, 1.54) is 12.1 Å². The molecule has 2 aromatic carbocycles. The van der Waals surface area contributed by atoms with Crippen molar-refractivity contribution in [1.29, 1.82) is 0 Å². The van der Waals surface area contributed by atoms with Crippen molar-refractivity contribution in [2.45, 2.75) is 13.8 Å². The Kier molecular flexibility index (Phi) is 4.40. The van der Waals surface area contributed by atoms with Crippen LogP contribution < -0.4 is 10.2 Å². The summed E-state index contributed by atoms with van der Waals surface area (Å²) in [5.41, 5.74) is 1.66. The first kappa shape index (κ1) is 12.1. The standard InChI is InChI=1S/C8H10O.C6H6O/c1-6-4-3-5-7(2)8(6)9;7-6-4-2-1-3-5-6/h3-5,9H,1-2H3;1-5,7H/p-2. The van der Waals surface area contributed by atoms with Crippen molar-refractivity contribution >= 4 is 0 Å². The lowest BCUT2D eigenvalue weighted by Gasteiger charge is -2.12. The molecule has 0 spiro atoms. The van der Waals surface area contributed by atoms with Gasteiger partial charge in [0.1, 0.15) is 0 Å². The third-order valence-corrected chi connectivity index (χ3v) is 2.15. The first-order chi connectivity index (χ1) is 7.61. The van der Waals surface area contributed by atoms with E-state index in [-0.39, 0.29) is 11.5 Å². The molecule has 0 aliphatic rings. The predicted octanol–water partition coefficient (Wildman–Crippen LogP) is 2.14. The summed E-state index contributed by atoms with van der Waals surface area (Å²) in [4.78, 5) is 0. The number of aryl methyl sites for hydroxylation is 2. The third kappa shape index (κ3) is 3.65. The molecule has 2 heteroatoms. The monoisotopic (exact) mass is 214 g/mol. The smallest absolute Gasteiger partial charge is 0.0404 e. The molecule has 0 amide bonds. The van der Waals surface area contributed by atoms with E-state index >= 15 is 0 Å². The SMILES string of the molecule is Cc1cccc(C)c1[O-].[O-]c1ccccc1. The van der Waals surface area contributed by atoms with Crippen molar-refractivity contribution in [2.24, 2.45) is 0 Å². The Morgan fingerprint density at radius 3 is 1.50 bits per heavy atom. The van der Waals surface area contributed by atoms with Crippen molar-refractivity contribution in [3.63, 3.8) is 0 Å². The van der Waals surface area contributed by atoms with Crippen molar-refractivity contribution in [3.8, 4) is 11.5 Å². The van der Waals surface area contributed by atoms with E-state index in [2.05, 4.69) is 0 Å². The van der Waals surface area contributed by atoms with Crippen LogP contribution in [0.5, 0.6) is 11.5 Å². The topological polar surface area (TPSA) is 46.1 Å². The average molecular weight is 214 g/mol. The fraction of sp³-hybridized carbons (Fsp3) is 0.143. The van der Waals surface area contributed by atoms with E-state index in [0.29, 0.717) is 0 Å². The number of rotatable bonds is 0. The van der Waals surface area contributed by atoms with Crippen molar-refractivity contribution < 1.29 is 10.2 Å². The quantitative estimate of drug-likeness (QED) is 0.674. The van der Waals surface area contributed by atoms with Gasteiger partial charge in [-0.15, -0.1) is 11.5 Å². The van der Waals surface area contributed by atoms with E-state index < -0.39 is 0 Å². The Hall–Kier alpha value is -1.96. The number of para-hydroxylation sites is 2. The van der Waals surface area contributed by atoms with Gasteiger partial charge in [0.15, 0.2) is 0 Å². The molecule has 0 aromatic heterocycles. The maximum Gasteiger partial charge on any atom is -0.0404 e. The molecule has 2 nitrogen and oxygen atoms in total. The summed E-state index contributed by atoms with van der Waals surface area (Å²) in [6.45, 7) is 3.66. The number of hydrogen-bond donors (Lipinski definition) is 0. The van der Waals surface area contributed by atoms with Gasteiger partial charge in [0, 0.05) is 0 Å². The maximum atomic E-state index is 11.0. The van der Waals surface area contributed by atoms with Crippen LogP contribution in [0.2, 0.25) is 0 Å². The summed E-state index contributed by atoms with van der Waals surface area (Å²) >= 11 is 0. The van der Waals surface area contributed by atoms with Gasteiger partial charge in [-0.25, -0.2) is 0 Å². The Labute approximate surface area is 95.8 Å². The lowest BCUT2D eigenvalue weighted by molar-refractivity contribution is -0.270. The van der Waals surface area contributed by atoms with Crippen molar-refractivity contribution in [2.75, 3.05) is 0 Å². The highest BCUT2D eigenvalue weighted by atomic mass is 16.3. The second-order valence-corrected chi connectivity index (χ2v) is 3.53. The molecule has 0 atom stereocenters. The first-order valence-corrected chi connectivity index (χ1v) is 5.06. The molecule has 0 N–H and O–H groups in total. The molecular weight excluding hydrogens is 200 g/mol. The highest BCUT2D eigenvalue weighted by Gasteiger charge is 1.86. The fourth-order valence-electron chi connectivity index (χ4n) is 1.22. The van der Waals surface area contributed by atoms with Gasteiger partial charge in [0.2, 0.25) is 0 Å². The molecule has 16 heavy (non-hydrogen) atoms. The molecule has 0 radical (unpaired) electrons. The van der Waals surface area contributed by atoms with Crippen LogP contribution in [0.3, 0.4) is 0 Å². The molecule has 0 saturated heterocycles. The molecule has 0 aliphatic carbocycles. The zero-order valence-corrected chi connectivity index (χ0v) is 9.44. The molecule has 0 bridgehead atoms. The zero-order chi connectivity index (χ0) is 12.0. The Morgan fingerprint density at radius 1 is 0.688 bits per heavy atom. The van der Waals surface area contributed by atoms with Crippen LogP contribution in [0.15, 0.2) is 48.5 Å². The third-order valence-electron chi connectivity index (χ3n) is 2.15. The highest BCUT2D eigenvalue weighted by Crippen LogP contribution is 2.15. The fourth-order valence-corrected chi connectivity index (χ4v) is 1.22. The van der Waals surface area contributed by atoms with Gasteiger partial charge in [-0.2, -0.15) is 0 Å². The van der Waals surface area contributed by atoms with Crippen molar-refractivity contribution in [1.82, 2.24) is 0 Å². The molecule has 84 valence electrons. The average Bonchev–Trinajstić information content (AvgIpc) is 2.28. The number of benzene rings is 2. The molecule has 0 saturated carbocycles. The minimum atomic E-state index is 0.0718. The van der Waals surface area contributed by atoms with Gasteiger partial charge >= 0.3 is 0 Å². The van der Waals surface area contributed by atoms with Crippen LogP contribution in [-0.4, -0.2) is 0 Å². The molecule has 2 rings (SSSR count). The second kappa shape index (κ2) is 5.81. The summed E-state index contributed by atoms with van der Waals surface area (Å²) in [5, 5.41) is 21.2. The summed E-state index contributed by atoms with van der Waals surface area (Å²) in [7, 11) is 0. The largest absolute Gasteiger partial charge is 0.872 e. The van der Waals surface area contributed by atoms with Crippen LogP contribution in [0.1, 0.15) is 11.1 Å². The Morgan fingerprint density at radius 2 is 1.19 bits per heavy atom. The minimum Gasteiger partial charge on any atom is -0.872 e. The van der Waals surface area contributed by atoms with Gasteiger partial charge in [0.25, 0.3) is 0 Å². The van der Waals surface area contributed by atoms with Gasteiger partial charge in [-0.3, -0.25) is 0 Å². The summed E-state index contributed by atoms with van der Waals surface area (Å²) < 4.78 is 0. The maximum absolute atomic E-state index is 11.0. The molecule has 0 heterocycles. The zero-order valence-electron chi connectivity index (χ0n) is 9.44. The van der Waals surface area contributed by atoms with Gasteiger partial charge in [-0.1, -0.05) is 59.7 Å². The minimum absolute atomic E-state index is 0.0718.